The number of hydrazone groups is 1. The smallest absolute Gasteiger partial charge is 0.267 e. The van der Waals surface area contributed by atoms with Gasteiger partial charge in [0.1, 0.15) is 0 Å². The average Bonchev–Trinajstić information content (AvgIpc) is 3.35. The van der Waals surface area contributed by atoms with Gasteiger partial charge in [0.15, 0.2) is 0 Å². The maximum atomic E-state index is 12.4. The van der Waals surface area contributed by atoms with Gasteiger partial charge in [-0.25, -0.2) is 4.98 Å². The van der Waals surface area contributed by atoms with Crippen LogP contribution in [-0.2, 0) is 0 Å². The summed E-state index contributed by atoms with van der Waals surface area (Å²) < 4.78 is 2.60. The molecule has 3 aromatic carbocycles. The molecule has 0 saturated heterocycles. The number of benzene rings is 3. The Morgan fingerprint density at radius 3 is 2.35 bits per heavy atom. The van der Waals surface area contributed by atoms with E-state index in [1.165, 1.54) is 25.7 Å². The van der Waals surface area contributed by atoms with Crippen LogP contribution in [0.15, 0.2) is 106 Å². The molecule has 0 unspecified atom stereocenters. The summed E-state index contributed by atoms with van der Waals surface area (Å²) in [6, 6.07) is 28.8. The quantitative estimate of drug-likeness (QED) is 0.152. The first-order valence-electron chi connectivity index (χ1n) is 10.4. The highest BCUT2D eigenvalue weighted by Gasteiger charge is 2.06. The normalized spacial score (nSPS) is 11.1. The first kappa shape index (κ1) is 22.2. The van der Waals surface area contributed by atoms with Crippen LogP contribution < -0.4 is 11.0 Å². The van der Waals surface area contributed by atoms with E-state index in [2.05, 4.69) is 67.5 Å². The van der Waals surface area contributed by atoms with Crippen molar-refractivity contribution >= 4 is 45.3 Å². The zero-order valence-electron chi connectivity index (χ0n) is 17.8. The molecule has 0 aliphatic carbocycles. The van der Waals surface area contributed by atoms with Crippen LogP contribution in [0.4, 0.5) is 5.13 Å². The zero-order chi connectivity index (χ0) is 23.3. The minimum Gasteiger partial charge on any atom is -0.267 e. The van der Waals surface area contributed by atoms with Crippen molar-refractivity contribution in [1.82, 2.24) is 14.8 Å². The lowest BCUT2D eigenvalue weighted by atomic mass is 10.1. The molecule has 0 aliphatic heterocycles. The molecule has 1 N–H and O–H groups in total. The third-order valence-corrected chi connectivity index (χ3v) is 6.49. The van der Waals surface area contributed by atoms with Gasteiger partial charge < -0.3 is 0 Å². The summed E-state index contributed by atoms with van der Waals surface area (Å²) in [6.45, 7) is 0. The van der Waals surface area contributed by atoms with Crippen molar-refractivity contribution in [2.24, 2.45) is 5.10 Å². The largest absolute Gasteiger partial charge is 0.271 e. The molecule has 5 aromatic rings. The van der Waals surface area contributed by atoms with E-state index < -0.39 is 0 Å². The first-order valence-corrected chi connectivity index (χ1v) is 12.4. The molecule has 2 heterocycles. The van der Waals surface area contributed by atoms with Crippen molar-refractivity contribution in [1.29, 1.82) is 0 Å². The number of hydrogen-bond acceptors (Lipinski definition) is 6. The minimum atomic E-state index is -0.185. The first-order chi connectivity index (χ1) is 16.7. The molecule has 0 amide bonds. The summed E-state index contributed by atoms with van der Waals surface area (Å²) >= 11 is 3.79. The molecule has 6 nitrogen and oxygen atoms in total. The lowest BCUT2D eigenvalue weighted by molar-refractivity contribution is 0.812. The molecular weight excluding hydrogens is 557 g/mol. The third kappa shape index (κ3) is 5.13. The fourth-order valence-electron chi connectivity index (χ4n) is 3.30. The Morgan fingerprint density at radius 1 is 0.853 bits per heavy atom. The second-order valence-corrected chi connectivity index (χ2v) is 9.44. The second kappa shape index (κ2) is 10.1. The van der Waals surface area contributed by atoms with E-state index in [-0.39, 0.29) is 5.56 Å². The third-order valence-electron chi connectivity index (χ3n) is 5.03. The number of nitrogens with one attached hydrogen (secondary N) is 1. The standard InChI is InChI=1S/C26H18IN5OS/c27-21-10-8-20(9-11-21)24-17-34-26(29-24)30-28-16-18-6-12-22(13-7-18)32-25(33)15-14-23(31-32)19-4-2-1-3-5-19/h1-17H,(H,29,30). The summed E-state index contributed by atoms with van der Waals surface area (Å²) in [4.78, 5) is 17.0. The lowest BCUT2D eigenvalue weighted by Gasteiger charge is -2.07. The Balaban J connectivity index is 1.28. The van der Waals surface area contributed by atoms with Crippen LogP contribution in [0.25, 0.3) is 28.2 Å². The van der Waals surface area contributed by atoms with Gasteiger partial charge in [0.05, 0.1) is 23.3 Å². The molecule has 34 heavy (non-hydrogen) atoms. The highest BCUT2D eigenvalue weighted by Crippen LogP contribution is 2.25. The fourth-order valence-corrected chi connectivity index (χ4v) is 4.33. The summed E-state index contributed by atoms with van der Waals surface area (Å²) in [5, 5.41) is 11.5. The molecule has 0 spiro atoms. The fraction of sp³-hybridized carbons (Fsp3) is 0. The van der Waals surface area contributed by atoms with Gasteiger partial charge in [0, 0.05) is 26.1 Å². The molecule has 5 rings (SSSR count). The molecule has 0 atom stereocenters. The molecular formula is C26H18IN5OS. The van der Waals surface area contributed by atoms with Crippen molar-refractivity contribution in [3.05, 3.63) is 116 Å². The van der Waals surface area contributed by atoms with Gasteiger partial charge in [0.25, 0.3) is 5.56 Å². The van der Waals surface area contributed by atoms with Crippen LogP contribution in [-0.4, -0.2) is 21.0 Å². The van der Waals surface area contributed by atoms with Gasteiger partial charge in [-0.3, -0.25) is 10.2 Å². The van der Waals surface area contributed by atoms with Crippen LogP contribution in [0, 0.1) is 3.57 Å². The van der Waals surface area contributed by atoms with Crippen molar-refractivity contribution in [3.8, 4) is 28.2 Å². The maximum Gasteiger partial charge on any atom is 0.271 e. The molecule has 0 radical (unpaired) electrons. The summed E-state index contributed by atoms with van der Waals surface area (Å²) in [5.74, 6) is 0. The minimum absolute atomic E-state index is 0.185. The Kier molecular flexibility index (Phi) is 6.59. The summed E-state index contributed by atoms with van der Waals surface area (Å²) in [6.07, 6.45) is 1.71. The number of nitrogens with zero attached hydrogens (tertiary/aromatic N) is 4. The number of hydrogen-bond donors (Lipinski definition) is 1. The second-order valence-electron chi connectivity index (χ2n) is 7.34. The molecule has 2 aromatic heterocycles. The molecule has 0 saturated carbocycles. The van der Waals surface area contributed by atoms with Crippen LogP contribution in [0.2, 0.25) is 0 Å². The molecule has 166 valence electrons. The van der Waals surface area contributed by atoms with E-state index in [9.17, 15) is 4.79 Å². The molecule has 0 fully saturated rings. The van der Waals surface area contributed by atoms with E-state index >= 15 is 0 Å². The molecule has 8 heteroatoms. The van der Waals surface area contributed by atoms with Crippen molar-refractivity contribution in [3.63, 3.8) is 0 Å². The van der Waals surface area contributed by atoms with Crippen LogP contribution in [0.1, 0.15) is 5.56 Å². The van der Waals surface area contributed by atoms with Gasteiger partial charge in [-0.15, -0.1) is 11.3 Å². The topological polar surface area (TPSA) is 72.2 Å². The van der Waals surface area contributed by atoms with Crippen LogP contribution >= 0.6 is 33.9 Å². The van der Waals surface area contributed by atoms with Crippen molar-refractivity contribution < 1.29 is 0 Å². The highest BCUT2D eigenvalue weighted by atomic mass is 127. The Bertz CT molecular complexity index is 1490. The lowest BCUT2D eigenvalue weighted by Crippen LogP contribution is -2.20. The van der Waals surface area contributed by atoms with Crippen LogP contribution in [0.3, 0.4) is 0 Å². The number of aromatic nitrogens is 3. The monoisotopic (exact) mass is 575 g/mol. The molecule has 0 bridgehead atoms. The highest BCUT2D eigenvalue weighted by molar-refractivity contribution is 14.1. The number of rotatable bonds is 6. The predicted molar refractivity (Wildman–Crippen MR) is 147 cm³/mol. The number of halogens is 1. The van der Waals surface area contributed by atoms with Gasteiger partial charge >= 0.3 is 0 Å². The SMILES string of the molecule is O=c1ccc(-c2ccccc2)nn1-c1ccc(C=NNc2nc(-c3ccc(I)cc3)cs2)cc1. The summed E-state index contributed by atoms with van der Waals surface area (Å²) in [5.41, 5.74) is 8.06. The number of thiazole rings is 1. The Hall–Kier alpha value is -3.63. The predicted octanol–water partition coefficient (Wildman–Crippen LogP) is 6.07. The Morgan fingerprint density at radius 2 is 1.59 bits per heavy atom. The van der Waals surface area contributed by atoms with Gasteiger partial charge in [-0.1, -0.05) is 54.6 Å². The van der Waals surface area contributed by atoms with E-state index in [1.54, 1.807) is 12.3 Å². The number of anilines is 1. The average molecular weight is 575 g/mol. The van der Waals surface area contributed by atoms with E-state index in [0.717, 1.165) is 33.2 Å². The van der Waals surface area contributed by atoms with E-state index in [0.29, 0.717) is 5.69 Å². The molecule has 0 aliphatic rings. The van der Waals surface area contributed by atoms with Crippen molar-refractivity contribution in [2.75, 3.05) is 5.43 Å². The van der Waals surface area contributed by atoms with Crippen molar-refractivity contribution in [2.45, 2.75) is 0 Å². The van der Waals surface area contributed by atoms with Crippen LogP contribution in [0.5, 0.6) is 0 Å². The van der Waals surface area contributed by atoms with Gasteiger partial charge in [-0.2, -0.15) is 14.9 Å². The van der Waals surface area contributed by atoms with E-state index in [1.807, 2.05) is 60.0 Å². The Labute approximate surface area is 213 Å². The van der Waals surface area contributed by atoms with E-state index in [4.69, 9.17) is 0 Å². The maximum absolute atomic E-state index is 12.4. The van der Waals surface area contributed by atoms with Gasteiger partial charge in [-0.05, 0) is 58.5 Å². The summed E-state index contributed by atoms with van der Waals surface area (Å²) in [7, 11) is 0. The zero-order valence-corrected chi connectivity index (χ0v) is 20.8. The van der Waals surface area contributed by atoms with Gasteiger partial charge in [0.2, 0.25) is 5.13 Å².